The van der Waals surface area contributed by atoms with Gasteiger partial charge in [0.1, 0.15) is 0 Å². The minimum Gasteiger partial charge on any atom is -0.313 e. The van der Waals surface area contributed by atoms with Gasteiger partial charge >= 0.3 is 0 Å². The molecule has 1 aromatic rings. The summed E-state index contributed by atoms with van der Waals surface area (Å²) in [6, 6.07) is 2.93. The molecule has 1 nitrogen and oxygen atoms in total. The van der Waals surface area contributed by atoms with Gasteiger partial charge in [0, 0.05) is 24.1 Å². The first-order valence-electron chi connectivity index (χ1n) is 5.69. The summed E-state index contributed by atoms with van der Waals surface area (Å²) in [7, 11) is 0. The molecule has 1 aromatic heterocycles. The van der Waals surface area contributed by atoms with Crippen LogP contribution in [0.15, 0.2) is 16.8 Å². The van der Waals surface area contributed by atoms with Crippen LogP contribution in [0.4, 0.5) is 0 Å². The normalized spacial score (nSPS) is 11.1. The van der Waals surface area contributed by atoms with Crippen molar-refractivity contribution in [3.63, 3.8) is 0 Å². The molecular formula is C12H21NS2. The monoisotopic (exact) mass is 243 g/mol. The van der Waals surface area contributed by atoms with Crippen LogP contribution < -0.4 is 5.32 Å². The summed E-state index contributed by atoms with van der Waals surface area (Å²) in [6.07, 6.45) is 2.48. The van der Waals surface area contributed by atoms with Gasteiger partial charge in [-0.3, -0.25) is 0 Å². The molecule has 1 heterocycles. The summed E-state index contributed by atoms with van der Waals surface area (Å²) in [5.74, 6) is 2.38. The number of rotatable bonds is 8. The number of hydrogen-bond acceptors (Lipinski definition) is 3. The smallest absolute Gasteiger partial charge is 0.0193 e. The molecule has 0 bridgehead atoms. The Labute approximate surface area is 102 Å². The van der Waals surface area contributed by atoms with Gasteiger partial charge in [0.2, 0.25) is 0 Å². The van der Waals surface area contributed by atoms with Crippen molar-refractivity contribution in [2.75, 3.05) is 12.3 Å². The average Bonchev–Trinajstić information content (AvgIpc) is 2.76. The molecule has 3 heteroatoms. The van der Waals surface area contributed by atoms with Crippen LogP contribution in [0.1, 0.15) is 32.3 Å². The van der Waals surface area contributed by atoms with E-state index in [1.807, 2.05) is 11.8 Å². The van der Waals surface area contributed by atoms with Gasteiger partial charge in [-0.15, -0.1) is 0 Å². The van der Waals surface area contributed by atoms with E-state index in [0.29, 0.717) is 6.04 Å². The van der Waals surface area contributed by atoms with Crippen molar-refractivity contribution in [3.8, 4) is 0 Å². The lowest BCUT2D eigenvalue weighted by atomic mass is 10.2. The van der Waals surface area contributed by atoms with Crippen LogP contribution in [0.2, 0.25) is 0 Å². The minimum absolute atomic E-state index is 0.715. The van der Waals surface area contributed by atoms with E-state index in [1.165, 1.54) is 24.2 Å². The lowest BCUT2D eigenvalue weighted by Crippen LogP contribution is -2.29. The maximum atomic E-state index is 3.58. The van der Waals surface area contributed by atoms with Crippen molar-refractivity contribution in [3.05, 3.63) is 22.4 Å². The van der Waals surface area contributed by atoms with E-state index in [4.69, 9.17) is 0 Å². The van der Waals surface area contributed by atoms with Crippen LogP contribution in [-0.4, -0.2) is 18.3 Å². The van der Waals surface area contributed by atoms with Crippen molar-refractivity contribution in [2.24, 2.45) is 0 Å². The third-order valence-corrected chi connectivity index (χ3v) is 4.28. The number of thiophene rings is 1. The molecule has 15 heavy (non-hydrogen) atoms. The number of hydrogen-bond donors (Lipinski definition) is 1. The van der Waals surface area contributed by atoms with Crippen LogP contribution >= 0.6 is 23.1 Å². The van der Waals surface area contributed by atoms with Gasteiger partial charge < -0.3 is 5.32 Å². The van der Waals surface area contributed by atoms with E-state index in [9.17, 15) is 0 Å². The Morgan fingerprint density at radius 1 is 1.40 bits per heavy atom. The van der Waals surface area contributed by atoms with Crippen molar-refractivity contribution >= 4 is 23.1 Å². The predicted molar refractivity (Wildman–Crippen MR) is 72.9 cm³/mol. The molecule has 0 aliphatic carbocycles. The van der Waals surface area contributed by atoms with Gasteiger partial charge in [0.15, 0.2) is 0 Å². The molecular weight excluding hydrogens is 222 g/mol. The molecule has 1 rings (SSSR count). The fourth-order valence-corrected chi connectivity index (χ4v) is 3.07. The van der Waals surface area contributed by atoms with Gasteiger partial charge in [-0.05, 0) is 35.2 Å². The second-order valence-electron chi connectivity index (χ2n) is 3.65. The Morgan fingerprint density at radius 3 is 2.80 bits per heavy atom. The summed E-state index contributed by atoms with van der Waals surface area (Å²) >= 11 is 3.80. The van der Waals surface area contributed by atoms with Crippen LogP contribution in [0.25, 0.3) is 0 Å². The lowest BCUT2D eigenvalue weighted by molar-refractivity contribution is 0.501. The van der Waals surface area contributed by atoms with E-state index in [0.717, 1.165) is 12.3 Å². The molecule has 0 aliphatic heterocycles. The van der Waals surface area contributed by atoms with E-state index >= 15 is 0 Å². The molecule has 86 valence electrons. The molecule has 1 N–H and O–H groups in total. The number of nitrogens with one attached hydrogen (secondary N) is 1. The Hall–Kier alpha value is 0.01000. The Bertz CT molecular complexity index is 230. The van der Waals surface area contributed by atoms with Gasteiger partial charge in [-0.2, -0.15) is 23.1 Å². The first-order valence-corrected chi connectivity index (χ1v) is 7.78. The molecule has 0 aromatic carbocycles. The highest BCUT2D eigenvalue weighted by Crippen LogP contribution is 2.14. The van der Waals surface area contributed by atoms with Crippen LogP contribution in [0, 0.1) is 0 Å². The van der Waals surface area contributed by atoms with Gasteiger partial charge in [0.05, 0.1) is 0 Å². The standard InChI is InChI=1S/C12H21NS2/c1-3-12(4-2)13-6-8-15-10-11-5-7-14-9-11/h5,7,9,12-13H,3-4,6,8,10H2,1-2H3. The Balaban J connectivity index is 1.97. The largest absolute Gasteiger partial charge is 0.313 e. The van der Waals surface area contributed by atoms with Gasteiger partial charge in [-0.1, -0.05) is 13.8 Å². The van der Waals surface area contributed by atoms with Crippen molar-refractivity contribution in [1.29, 1.82) is 0 Å². The molecule has 0 saturated heterocycles. The zero-order valence-corrected chi connectivity index (χ0v) is 11.3. The summed E-state index contributed by atoms with van der Waals surface area (Å²) < 4.78 is 0. The zero-order valence-electron chi connectivity index (χ0n) is 9.66. The van der Waals surface area contributed by atoms with Crippen molar-refractivity contribution in [2.45, 2.75) is 38.5 Å². The van der Waals surface area contributed by atoms with E-state index in [-0.39, 0.29) is 0 Å². The Kier molecular flexibility index (Phi) is 7.14. The molecule has 0 radical (unpaired) electrons. The molecule has 0 saturated carbocycles. The second-order valence-corrected chi connectivity index (χ2v) is 5.54. The highest BCUT2D eigenvalue weighted by Gasteiger charge is 2.00. The van der Waals surface area contributed by atoms with Crippen LogP contribution in [0.5, 0.6) is 0 Å². The van der Waals surface area contributed by atoms with Crippen molar-refractivity contribution < 1.29 is 0 Å². The minimum atomic E-state index is 0.715. The highest BCUT2D eigenvalue weighted by molar-refractivity contribution is 7.98. The predicted octanol–water partition coefficient (Wildman–Crippen LogP) is 3.76. The SMILES string of the molecule is CCC(CC)NCCSCc1ccsc1. The fourth-order valence-electron chi connectivity index (χ4n) is 1.48. The lowest BCUT2D eigenvalue weighted by Gasteiger charge is -2.13. The molecule has 0 amide bonds. The zero-order chi connectivity index (χ0) is 10.9. The fraction of sp³-hybridized carbons (Fsp3) is 0.667. The Morgan fingerprint density at radius 2 is 2.20 bits per heavy atom. The average molecular weight is 243 g/mol. The quantitative estimate of drug-likeness (QED) is 0.698. The van der Waals surface area contributed by atoms with Gasteiger partial charge in [0.25, 0.3) is 0 Å². The molecule has 0 spiro atoms. The first-order chi connectivity index (χ1) is 7.36. The van der Waals surface area contributed by atoms with E-state index < -0.39 is 0 Å². The molecule has 0 fully saturated rings. The summed E-state index contributed by atoms with van der Waals surface area (Å²) in [4.78, 5) is 0. The molecule has 0 aliphatic rings. The van der Waals surface area contributed by atoms with Crippen molar-refractivity contribution in [1.82, 2.24) is 5.32 Å². The maximum absolute atomic E-state index is 3.58. The second kappa shape index (κ2) is 8.20. The molecule has 0 atom stereocenters. The van der Waals surface area contributed by atoms with Crippen LogP contribution in [0.3, 0.4) is 0 Å². The molecule has 0 unspecified atom stereocenters. The third-order valence-electron chi connectivity index (χ3n) is 2.51. The van der Waals surface area contributed by atoms with E-state index in [2.05, 4.69) is 36.0 Å². The van der Waals surface area contributed by atoms with Crippen LogP contribution in [-0.2, 0) is 5.75 Å². The maximum Gasteiger partial charge on any atom is 0.0193 e. The van der Waals surface area contributed by atoms with Gasteiger partial charge in [-0.25, -0.2) is 0 Å². The summed E-state index contributed by atoms with van der Waals surface area (Å²) in [6.45, 7) is 5.64. The van der Waals surface area contributed by atoms with E-state index in [1.54, 1.807) is 11.3 Å². The first kappa shape index (κ1) is 13.1. The third kappa shape index (κ3) is 5.59. The highest BCUT2D eigenvalue weighted by atomic mass is 32.2. The number of thioether (sulfide) groups is 1. The summed E-state index contributed by atoms with van der Waals surface area (Å²) in [5.41, 5.74) is 1.47. The summed E-state index contributed by atoms with van der Waals surface area (Å²) in [5, 5.41) is 7.97. The topological polar surface area (TPSA) is 12.0 Å².